The van der Waals surface area contributed by atoms with Crippen molar-refractivity contribution >= 4 is 40.0 Å². The van der Waals surface area contributed by atoms with Crippen molar-refractivity contribution in [1.29, 1.82) is 0 Å². The minimum atomic E-state index is 0.371. The van der Waals surface area contributed by atoms with E-state index < -0.39 is 0 Å². The maximum Gasteiger partial charge on any atom is 0.164 e. The first kappa shape index (κ1) is 20.9. The van der Waals surface area contributed by atoms with E-state index >= 15 is 0 Å². The van der Waals surface area contributed by atoms with Crippen LogP contribution in [0.5, 0.6) is 0 Å². The summed E-state index contributed by atoms with van der Waals surface area (Å²) < 4.78 is 2.10. The summed E-state index contributed by atoms with van der Waals surface area (Å²) in [5.41, 5.74) is 4.92. The molecule has 1 saturated carbocycles. The van der Waals surface area contributed by atoms with Gasteiger partial charge in [-0.2, -0.15) is 0 Å². The van der Waals surface area contributed by atoms with Gasteiger partial charge in [0.2, 0.25) is 0 Å². The fourth-order valence-corrected chi connectivity index (χ4v) is 4.66. The fraction of sp³-hybridized carbons (Fsp3) is 0.478. The zero-order valence-electron chi connectivity index (χ0n) is 18.0. The molecule has 6 nitrogen and oxygen atoms in total. The lowest BCUT2D eigenvalue weighted by atomic mass is 9.90. The molecular weight excluding hydrogens is 396 g/mol. The Kier molecular flexibility index (Phi) is 6.44. The predicted octanol–water partition coefficient (Wildman–Crippen LogP) is 5.35. The molecule has 3 N–H and O–H groups in total. The van der Waals surface area contributed by atoms with E-state index in [1.807, 2.05) is 30.6 Å². The van der Waals surface area contributed by atoms with Gasteiger partial charge in [0.25, 0.3) is 0 Å². The molecule has 4 rings (SSSR count). The Balaban J connectivity index is 1.81. The van der Waals surface area contributed by atoms with Crippen molar-refractivity contribution in [2.24, 2.45) is 0 Å². The molecular formula is C23H31ClN6. The van der Waals surface area contributed by atoms with Gasteiger partial charge < -0.3 is 20.5 Å². The lowest BCUT2D eigenvalue weighted by molar-refractivity contribution is 0.361. The summed E-state index contributed by atoms with van der Waals surface area (Å²) in [6.07, 6.45) is 7.60. The average molecular weight is 427 g/mol. The molecule has 0 amide bonds. The number of pyridine rings is 1. The first-order chi connectivity index (χ1) is 14.6. The summed E-state index contributed by atoms with van der Waals surface area (Å²) in [5.74, 6) is 0.955. The Morgan fingerprint density at radius 1 is 1.17 bits per heavy atom. The number of benzene rings is 1. The summed E-state index contributed by atoms with van der Waals surface area (Å²) >= 11 is 6.23. The maximum atomic E-state index is 6.23. The number of rotatable bonds is 7. The highest BCUT2D eigenvalue weighted by Gasteiger charge is 2.26. The number of likely N-dealkylation sites (N-methyl/N-ethyl adjacent to an activating group) is 1. The van der Waals surface area contributed by atoms with Crippen molar-refractivity contribution in [1.82, 2.24) is 19.9 Å². The Morgan fingerprint density at radius 3 is 2.67 bits per heavy atom. The lowest BCUT2D eigenvalue weighted by Gasteiger charge is -2.33. The van der Waals surface area contributed by atoms with Crippen molar-refractivity contribution < 1.29 is 0 Å². The Labute approximate surface area is 183 Å². The molecule has 0 saturated heterocycles. The molecule has 0 radical (unpaired) electrons. The molecule has 0 aliphatic heterocycles. The second-order valence-corrected chi connectivity index (χ2v) is 8.37. The number of anilines is 3. The number of hydrogen-bond donors (Lipinski definition) is 3. The van der Waals surface area contributed by atoms with E-state index in [2.05, 4.69) is 41.4 Å². The summed E-state index contributed by atoms with van der Waals surface area (Å²) in [6.45, 7) is 5.11. The molecule has 0 spiro atoms. The molecule has 2 aromatic heterocycles. The van der Waals surface area contributed by atoms with Crippen LogP contribution in [0.4, 0.5) is 17.2 Å². The maximum absolute atomic E-state index is 6.23. The summed E-state index contributed by atoms with van der Waals surface area (Å²) in [7, 11) is 2.06. The zero-order valence-corrected chi connectivity index (χ0v) is 18.8. The van der Waals surface area contributed by atoms with E-state index in [4.69, 9.17) is 21.6 Å². The number of hydrogen-bond acceptors (Lipinski definition) is 5. The second-order valence-electron chi connectivity index (χ2n) is 7.94. The monoisotopic (exact) mass is 426 g/mol. The standard InChI is InChI=1S/C23H31ClN6/c1-4-17-20(27-16-10-8-9-15(24)13-16)21-23(30(5-2)14-26-21)29-22(17)28-19-12-7-6-11-18(19)25-3/h8-10,13-14,18-19,25H,4-7,11-12H2,1-3H3,(H2,27,28,29)/t18-,19-/m1/s1. The SMILES string of the molecule is CCc1c(N[C@@H]2CCCC[C@H]2NC)nc2c(ncn2CC)c1Nc1cccc(Cl)c1. The van der Waals surface area contributed by atoms with Gasteiger partial charge in [0, 0.05) is 34.9 Å². The molecule has 3 aromatic rings. The van der Waals surface area contributed by atoms with Crippen LogP contribution in [0.1, 0.15) is 45.1 Å². The van der Waals surface area contributed by atoms with Crippen LogP contribution in [-0.2, 0) is 13.0 Å². The Bertz CT molecular complexity index is 1010. The number of nitrogens with one attached hydrogen (secondary N) is 3. The van der Waals surface area contributed by atoms with Gasteiger partial charge in [0.1, 0.15) is 11.3 Å². The van der Waals surface area contributed by atoms with Gasteiger partial charge in [-0.15, -0.1) is 0 Å². The van der Waals surface area contributed by atoms with E-state index in [0.29, 0.717) is 17.1 Å². The van der Waals surface area contributed by atoms with Crippen molar-refractivity contribution in [2.75, 3.05) is 17.7 Å². The third-order valence-corrected chi connectivity index (χ3v) is 6.33. The van der Waals surface area contributed by atoms with Crippen molar-refractivity contribution in [3.05, 3.63) is 41.2 Å². The molecule has 160 valence electrons. The minimum absolute atomic E-state index is 0.371. The first-order valence-corrected chi connectivity index (χ1v) is 11.4. The topological polar surface area (TPSA) is 66.8 Å². The molecule has 0 bridgehead atoms. The number of aryl methyl sites for hydroxylation is 1. The Morgan fingerprint density at radius 2 is 1.97 bits per heavy atom. The highest BCUT2D eigenvalue weighted by molar-refractivity contribution is 6.30. The number of aromatic nitrogens is 3. The quantitative estimate of drug-likeness (QED) is 0.475. The lowest BCUT2D eigenvalue weighted by Crippen LogP contribution is -2.44. The van der Waals surface area contributed by atoms with Gasteiger partial charge >= 0.3 is 0 Å². The van der Waals surface area contributed by atoms with E-state index in [0.717, 1.165) is 53.3 Å². The molecule has 1 aliphatic rings. The fourth-order valence-electron chi connectivity index (χ4n) is 4.47. The van der Waals surface area contributed by atoms with Crippen LogP contribution in [0.3, 0.4) is 0 Å². The Hall–Kier alpha value is -2.31. The highest BCUT2D eigenvalue weighted by Crippen LogP contribution is 2.35. The van der Waals surface area contributed by atoms with Crippen LogP contribution in [0.2, 0.25) is 5.02 Å². The van der Waals surface area contributed by atoms with Crippen LogP contribution in [0.25, 0.3) is 11.2 Å². The molecule has 1 fully saturated rings. The van der Waals surface area contributed by atoms with Gasteiger partial charge in [-0.3, -0.25) is 0 Å². The molecule has 0 unspecified atom stereocenters. The van der Waals surface area contributed by atoms with Gasteiger partial charge in [0.05, 0.1) is 12.0 Å². The average Bonchev–Trinajstić information content (AvgIpc) is 3.17. The number of fused-ring (bicyclic) bond motifs is 1. The van der Waals surface area contributed by atoms with Crippen molar-refractivity contribution in [2.45, 2.75) is 64.6 Å². The molecule has 1 aliphatic carbocycles. The first-order valence-electron chi connectivity index (χ1n) is 11.0. The minimum Gasteiger partial charge on any atom is -0.365 e. The van der Waals surface area contributed by atoms with Gasteiger partial charge in [-0.1, -0.05) is 37.4 Å². The van der Waals surface area contributed by atoms with Crippen LogP contribution in [-0.4, -0.2) is 33.7 Å². The van der Waals surface area contributed by atoms with Gasteiger partial charge in [0.15, 0.2) is 5.65 Å². The van der Waals surface area contributed by atoms with Crippen LogP contribution < -0.4 is 16.0 Å². The normalized spacial score (nSPS) is 19.2. The largest absolute Gasteiger partial charge is 0.365 e. The van der Waals surface area contributed by atoms with E-state index in [9.17, 15) is 0 Å². The van der Waals surface area contributed by atoms with Gasteiger partial charge in [-0.05, 0) is 51.4 Å². The van der Waals surface area contributed by atoms with E-state index in [-0.39, 0.29) is 0 Å². The smallest absolute Gasteiger partial charge is 0.164 e. The van der Waals surface area contributed by atoms with Crippen LogP contribution in [0.15, 0.2) is 30.6 Å². The molecule has 30 heavy (non-hydrogen) atoms. The van der Waals surface area contributed by atoms with E-state index in [1.54, 1.807) is 0 Å². The molecule has 7 heteroatoms. The number of nitrogens with zero attached hydrogens (tertiary/aromatic N) is 3. The van der Waals surface area contributed by atoms with Crippen LogP contribution in [0, 0.1) is 0 Å². The number of halogens is 1. The van der Waals surface area contributed by atoms with Crippen molar-refractivity contribution in [3.8, 4) is 0 Å². The van der Waals surface area contributed by atoms with Crippen molar-refractivity contribution in [3.63, 3.8) is 0 Å². The molecule has 2 atom stereocenters. The third kappa shape index (κ3) is 4.12. The van der Waals surface area contributed by atoms with E-state index in [1.165, 1.54) is 19.3 Å². The molecule has 2 heterocycles. The third-order valence-electron chi connectivity index (χ3n) is 6.10. The second kappa shape index (κ2) is 9.23. The summed E-state index contributed by atoms with van der Waals surface area (Å²) in [4.78, 5) is 9.76. The van der Waals surface area contributed by atoms with Gasteiger partial charge in [-0.25, -0.2) is 9.97 Å². The van der Waals surface area contributed by atoms with Crippen LogP contribution >= 0.6 is 11.6 Å². The molecule has 1 aromatic carbocycles. The summed E-state index contributed by atoms with van der Waals surface area (Å²) in [5, 5.41) is 11.6. The summed E-state index contributed by atoms with van der Waals surface area (Å²) in [6, 6.07) is 8.64. The predicted molar refractivity (Wildman–Crippen MR) is 126 cm³/mol. The zero-order chi connectivity index (χ0) is 21.1. The number of imidazole rings is 1. The highest BCUT2D eigenvalue weighted by atomic mass is 35.5.